The maximum atomic E-state index is 13.2. The van der Waals surface area contributed by atoms with Crippen molar-refractivity contribution in [1.82, 2.24) is 9.80 Å². The lowest BCUT2D eigenvalue weighted by atomic mass is 10.1. The van der Waals surface area contributed by atoms with E-state index in [0.29, 0.717) is 5.56 Å². The normalized spacial score (nSPS) is 20.2. The van der Waals surface area contributed by atoms with E-state index in [2.05, 4.69) is 5.32 Å². The fraction of sp³-hybridized carbons (Fsp3) is 0.227. The van der Waals surface area contributed by atoms with Gasteiger partial charge < -0.3 is 10.2 Å². The predicted molar refractivity (Wildman–Crippen MR) is 113 cm³/mol. The maximum absolute atomic E-state index is 13.2. The van der Waals surface area contributed by atoms with Gasteiger partial charge in [-0.15, -0.1) is 11.8 Å². The van der Waals surface area contributed by atoms with E-state index in [-0.39, 0.29) is 6.54 Å². The maximum Gasteiger partial charge on any atom is 0.418 e. The number of carbonyl (C=O) groups excluding carboxylic acids is 3. The van der Waals surface area contributed by atoms with E-state index < -0.39 is 58.9 Å². The second kappa shape index (κ2) is 8.89. The minimum atomic E-state index is -4.67. The van der Waals surface area contributed by atoms with Gasteiger partial charge in [0.2, 0.25) is 11.8 Å². The van der Waals surface area contributed by atoms with Gasteiger partial charge in [0.05, 0.1) is 23.8 Å². The number of imide groups is 1. The van der Waals surface area contributed by atoms with Gasteiger partial charge in [0.1, 0.15) is 17.6 Å². The molecule has 4 rings (SSSR count). The molecule has 172 valence electrons. The molecule has 0 aliphatic carbocycles. The number of alkyl halides is 3. The minimum absolute atomic E-state index is 0.128. The molecule has 0 bridgehead atoms. The van der Waals surface area contributed by atoms with Crippen LogP contribution in [0, 0.1) is 5.82 Å². The lowest BCUT2D eigenvalue weighted by Crippen LogP contribution is -2.62. The van der Waals surface area contributed by atoms with Gasteiger partial charge in [0.15, 0.2) is 0 Å². The van der Waals surface area contributed by atoms with Crippen molar-refractivity contribution >= 4 is 35.3 Å². The quantitative estimate of drug-likeness (QED) is 0.652. The first-order valence-corrected chi connectivity index (χ1v) is 10.7. The highest BCUT2D eigenvalue weighted by molar-refractivity contribution is 8.03. The molecule has 4 amide bonds. The van der Waals surface area contributed by atoms with Gasteiger partial charge in [0, 0.05) is 0 Å². The number of amides is 4. The SMILES string of the molecule is O=C(CN1C(=O)N(Cc2ccc(F)cc2)C(=O)C2SC=CC21)Nc1ccccc1C(F)(F)F. The lowest BCUT2D eigenvalue weighted by Gasteiger charge is -2.41. The van der Waals surface area contributed by atoms with Crippen molar-refractivity contribution in [2.45, 2.75) is 24.0 Å². The molecule has 2 aliphatic heterocycles. The number of benzene rings is 2. The second-order valence-electron chi connectivity index (χ2n) is 7.43. The summed E-state index contributed by atoms with van der Waals surface area (Å²) in [4.78, 5) is 40.7. The number of para-hydroxylation sites is 1. The zero-order valence-corrected chi connectivity index (χ0v) is 17.7. The molecule has 2 unspecified atom stereocenters. The van der Waals surface area contributed by atoms with Crippen LogP contribution in [0.2, 0.25) is 0 Å². The Labute approximate surface area is 190 Å². The number of nitrogens with one attached hydrogen (secondary N) is 1. The standard InChI is InChI=1S/C22H17F4N3O3S/c23-14-7-5-13(6-8-14)11-29-20(31)19-17(9-10-33-19)28(21(29)32)12-18(30)27-16-4-2-1-3-15(16)22(24,25)26/h1-10,17,19H,11-12H2,(H,27,30). The van der Waals surface area contributed by atoms with Gasteiger partial charge in [-0.25, -0.2) is 9.18 Å². The van der Waals surface area contributed by atoms with E-state index >= 15 is 0 Å². The molecule has 33 heavy (non-hydrogen) atoms. The number of urea groups is 1. The van der Waals surface area contributed by atoms with Gasteiger partial charge in [-0.3, -0.25) is 14.5 Å². The third-order valence-corrected chi connectivity index (χ3v) is 6.32. The second-order valence-corrected chi connectivity index (χ2v) is 8.48. The monoisotopic (exact) mass is 479 g/mol. The van der Waals surface area contributed by atoms with E-state index in [0.717, 1.165) is 21.9 Å². The number of thioether (sulfide) groups is 1. The summed E-state index contributed by atoms with van der Waals surface area (Å²) in [7, 11) is 0. The molecule has 11 heteroatoms. The van der Waals surface area contributed by atoms with Gasteiger partial charge in [-0.2, -0.15) is 13.2 Å². The van der Waals surface area contributed by atoms with Crippen LogP contribution in [-0.2, 0) is 22.3 Å². The van der Waals surface area contributed by atoms with Gasteiger partial charge in [0.25, 0.3) is 0 Å². The van der Waals surface area contributed by atoms with Crippen molar-refractivity contribution in [3.05, 3.63) is 77.0 Å². The molecule has 2 aromatic carbocycles. The molecule has 1 saturated heterocycles. The predicted octanol–water partition coefficient (Wildman–Crippen LogP) is 4.25. The van der Waals surface area contributed by atoms with E-state index in [1.807, 2.05) is 0 Å². The molecular weight excluding hydrogens is 462 g/mol. The van der Waals surface area contributed by atoms with Crippen LogP contribution >= 0.6 is 11.8 Å². The van der Waals surface area contributed by atoms with Crippen LogP contribution in [0.15, 0.2) is 60.0 Å². The molecule has 0 aromatic heterocycles. The summed E-state index contributed by atoms with van der Waals surface area (Å²) in [6.07, 6.45) is -3.06. The molecular formula is C22H17F4N3O3S. The zero-order valence-electron chi connectivity index (χ0n) is 16.9. The highest BCUT2D eigenvalue weighted by Gasteiger charge is 2.47. The number of nitrogens with zero attached hydrogens (tertiary/aromatic N) is 2. The number of fused-ring (bicyclic) bond motifs is 1. The number of hydrogen-bond donors (Lipinski definition) is 1. The first kappa shape index (κ1) is 22.8. The first-order chi connectivity index (χ1) is 15.6. The molecule has 2 atom stereocenters. The Kier molecular flexibility index (Phi) is 6.15. The molecule has 0 radical (unpaired) electrons. The Balaban J connectivity index is 1.54. The van der Waals surface area contributed by atoms with Crippen molar-refractivity contribution < 1.29 is 31.9 Å². The summed E-state index contributed by atoms with van der Waals surface area (Å²) in [5, 5.41) is 3.18. The Hall–Kier alpha value is -3.34. The largest absolute Gasteiger partial charge is 0.418 e. The van der Waals surface area contributed by atoms with Crippen LogP contribution in [0.4, 0.5) is 28.0 Å². The van der Waals surface area contributed by atoms with Gasteiger partial charge in [-0.1, -0.05) is 30.3 Å². The fourth-order valence-electron chi connectivity index (χ4n) is 3.67. The smallest absolute Gasteiger partial charge is 0.324 e. The van der Waals surface area contributed by atoms with Crippen molar-refractivity contribution in [2.24, 2.45) is 0 Å². The summed E-state index contributed by atoms with van der Waals surface area (Å²) in [6, 6.07) is 8.34. The number of hydrogen-bond acceptors (Lipinski definition) is 4. The van der Waals surface area contributed by atoms with Crippen molar-refractivity contribution in [1.29, 1.82) is 0 Å². The fourth-order valence-corrected chi connectivity index (χ4v) is 4.73. The summed E-state index contributed by atoms with van der Waals surface area (Å²) in [5.41, 5.74) is -0.923. The Morgan fingerprint density at radius 3 is 2.45 bits per heavy atom. The molecule has 6 nitrogen and oxygen atoms in total. The Morgan fingerprint density at radius 2 is 1.76 bits per heavy atom. The molecule has 1 fully saturated rings. The van der Waals surface area contributed by atoms with E-state index in [1.165, 1.54) is 48.2 Å². The Morgan fingerprint density at radius 1 is 1.06 bits per heavy atom. The number of anilines is 1. The van der Waals surface area contributed by atoms with Crippen LogP contribution < -0.4 is 5.32 Å². The van der Waals surface area contributed by atoms with Crippen LogP contribution in [-0.4, -0.2) is 45.5 Å². The summed E-state index contributed by atoms with van der Waals surface area (Å²) < 4.78 is 52.9. The van der Waals surface area contributed by atoms with Gasteiger partial charge in [-0.05, 0) is 35.2 Å². The van der Waals surface area contributed by atoms with Gasteiger partial charge >= 0.3 is 12.2 Å². The summed E-state index contributed by atoms with van der Waals surface area (Å²) >= 11 is 1.19. The highest BCUT2D eigenvalue weighted by atomic mass is 32.2. The first-order valence-electron chi connectivity index (χ1n) is 9.80. The van der Waals surface area contributed by atoms with Crippen LogP contribution in [0.25, 0.3) is 0 Å². The molecule has 1 N–H and O–H groups in total. The number of carbonyl (C=O) groups is 3. The van der Waals surface area contributed by atoms with Crippen LogP contribution in [0.5, 0.6) is 0 Å². The molecule has 2 aliphatic rings. The molecule has 2 heterocycles. The summed E-state index contributed by atoms with van der Waals surface area (Å²) in [6.45, 7) is -0.680. The topological polar surface area (TPSA) is 69.7 Å². The van der Waals surface area contributed by atoms with Crippen molar-refractivity contribution in [2.75, 3.05) is 11.9 Å². The zero-order chi connectivity index (χ0) is 23.8. The Bertz CT molecular complexity index is 1120. The molecule has 0 saturated carbocycles. The van der Waals surface area contributed by atoms with E-state index in [4.69, 9.17) is 0 Å². The van der Waals surface area contributed by atoms with Crippen LogP contribution in [0.3, 0.4) is 0 Å². The minimum Gasteiger partial charge on any atom is -0.324 e. The summed E-state index contributed by atoms with van der Waals surface area (Å²) in [5.74, 6) is -1.76. The van der Waals surface area contributed by atoms with E-state index in [1.54, 1.807) is 11.5 Å². The lowest BCUT2D eigenvalue weighted by molar-refractivity contribution is -0.137. The van der Waals surface area contributed by atoms with Crippen LogP contribution in [0.1, 0.15) is 11.1 Å². The number of rotatable bonds is 5. The van der Waals surface area contributed by atoms with E-state index in [9.17, 15) is 31.9 Å². The highest BCUT2D eigenvalue weighted by Crippen LogP contribution is 2.36. The van der Waals surface area contributed by atoms with Crippen molar-refractivity contribution in [3.8, 4) is 0 Å². The number of halogens is 4. The average Bonchev–Trinajstić information content (AvgIpc) is 3.25. The third-order valence-electron chi connectivity index (χ3n) is 5.23. The molecule has 0 spiro atoms. The third kappa shape index (κ3) is 4.72. The average molecular weight is 479 g/mol. The molecule has 2 aromatic rings. The van der Waals surface area contributed by atoms with Crippen molar-refractivity contribution in [3.63, 3.8) is 0 Å².